The zero-order valence-electron chi connectivity index (χ0n) is 20.2. The molecular formula is C24H49NaO4S. The Morgan fingerprint density at radius 1 is 0.567 bits per heavy atom. The summed E-state index contributed by atoms with van der Waals surface area (Å²) in [5.41, 5.74) is 0. The van der Waals surface area contributed by atoms with E-state index in [0.717, 1.165) is 25.7 Å². The Labute approximate surface area is 210 Å². The minimum absolute atomic E-state index is 0. The van der Waals surface area contributed by atoms with Crippen LogP contribution >= 0.6 is 0 Å². The van der Waals surface area contributed by atoms with Crippen LogP contribution in [0.3, 0.4) is 0 Å². The van der Waals surface area contributed by atoms with Gasteiger partial charge in [0.25, 0.3) is 0 Å². The summed E-state index contributed by atoms with van der Waals surface area (Å²) in [5.74, 6) is 0. The van der Waals surface area contributed by atoms with Crippen molar-refractivity contribution in [3.05, 3.63) is 0 Å². The van der Waals surface area contributed by atoms with Crippen LogP contribution < -0.4 is 29.6 Å². The summed E-state index contributed by atoms with van der Waals surface area (Å²) in [6, 6.07) is 0. The summed E-state index contributed by atoms with van der Waals surface area (Å²) < 4.78 is 32.4. The van der Waals surface area contributed by atoms with Crippen molar-refractivity contribution in [1.82, 2.24) is 0 Å². The first kappa shape index (κ1) is 33.0. The average Bonchev–Trinajstić information content (AvgIpc) is 2.68. The molecule has 0 amide bonds. The molecule has 6 heteroatoms. The van der Waals surface area contributed by atoms with E-state index in [-0.39, 0.29) is 29.6 Å². The van der Waals surface area contributed by atoms with Gasteiger partial charge in [0, 0.05) is 11.9 Å². The first-order valence-corrected chi connectivity index (χ1v) is 14.0. The third-order valence-electron chi connectivity index (χ3n) is 6.01. The standard InChI is InChI=1S/C24H50O4S.Na/c1-24(29(26,27)28)22-20-18-16-14-12-10-8-6-4-2-3-5-7-9-11-13-15-17-19-21-23-25;/h24-25H,2-23H2,1H3,(H,26,27,28);/q;+1/p-1. The van der Waals surface area contributed by atoms with Gasteiger partial charge < -0.3 is 9.66 Å². The monoisotopic (exact) mass is 456 g/mol. The largest absolute Gasteiger partial charge is 1.00 e. The number of hydrogen-bond donors (Lipinski definition) is 1. The SMILES string of the molecule is CC(CCCCCCCCCCCCCCCCCCCCCCO)S(=O)(=O)[O-].[Na+]. The van der Waals surface area contributed by atoms with E-state index >= 15 is 0 Å². The van der Waals surface area contributed by atoms with Crippen molar-refractivity contribution >= 4 is 10.1 Å². The van der Waals surface area contributed by atoms with Crippen LogP contribution in [0.2, 0.25) is 0 Å². The van der Waals surface area contributed by atoms with Gasteiger partial charge in [-0.25, -0.2) is 8.42 Å². The summed E-state index contributed by atoms with van der Waals surface area (Å²) in [4.78, 5) is 0. The summed E-state index contributed by atoms with van der Waals surface area (Å²) in [6.07, 6.45) is 26.0. The molecule has 30 heavy (non-hydrogen) atoms. The molecule has 0 aromatic rings. The van der Waals surface area contributed by atoms with Crippen molar-refractivity contribution in [3.8, 4) is 0 Å². The van der Waals surface area contributed by atoms with Crippen LogP contribution in [0.15, 0.2) is 0 Å². The van der Waals surface area contributed by atoms with Crippen molar-refractivity contribution in [3.63, 3.8) is 0 Å². The van der Waals surface area contributed by atoms with Crippen LogP contribution in [-0.4, -0.2) is 29.9 Å². The molecule has 4 nitrogen and oxygen atoms in total. The second-order valence-electron chi connectivity index (χ2n) is 8.89. The fraction of sp³-hybridized carbons (Fsp3) is 1.00. The molecule has 1 N–H and O–H groups in total. The van der Waals surface area contributed by atoms with Crippen LogP contribution in [0, 0.1) is 0 Å². The molecule has 0 rings (SSSR count). The number of unbranched alkanes of at least 4 members (excludes halogenated alkanes) is 19. The minimum atomic E-state index is -4.09. The second-order valence-corrected chi connectivity index (χ2v) is 10.7. The maximum Gasteiger partial charge on any atom is 1.00 e. The zero-order chi connectivity index (χ0) is 21.6. The van der Waals surface area contributed by atoms with E-state index in [1.165, 1.54) is 110 Å². The minimum Gasteiger partial charge on any atom is -0.748 e. The van der Waals surface area contributed by atoms with Crippen LogP contribution in [0.1, 0.15) is 142 Å². The van der Waals surface area contributed by atoms with E-state index in [2.05, 4.69) is 0 Å². The Balaban J connectivity index is 0. The van der Waals surface area contributed by atoms with Gasteiger partial charge >= 0.3 is 29.6 Å². The van der Waals surface area contributed by atoms with Crippen molar-refractivity contribution in [2.24, 2.45) is 0 Å². The van der Waals surface area contributed by atoms with Gasteiger partial charge in [0.1, 0.15) is 0 Å². The molecule has 1 atom stereocenters. The predicted octanol–water partition coefficient (Wildman–Crippen LogP) is 4.11. The van der Waals surface area contributed by atoms with Gasteiger partial charge in [0.2, 0.25) is 0 Å². The van der Waals surface area contributed by atoms with Gasteiger partial charge in [-0.15, -0.1) is 0 Å². The van der Waals surface area contributed by atoms with E-state index in [4.69, 9.17) is 5.11 Å². The number of aliphatic hydroxyl groups is 1. The van der Waals surface area contributed by atoms with Crippen LogP contribution in [0.5, 0.6) is 0 Å². The summed E-state index contributed by atoms with van der Waals surface area (Å²) in [6.45, 7) is 1.87. The Morgan fingerprint density at radius 2 is 0.800 bits per heavy atom. The van der Waals surface area contributed by atoms with Crippen LogP contribution in [0.25, 0.3) is 0 Å². The first-order chi connectivity index (χ1) is 14.0. The molecule has 0 fully saturated rings. The Morgan fingerprint density at radius 3 is 1.03 bits per heavy atom. The van der Waals surface area contributed by atoms with Crippen molar-refractivity contribution in [1.29, 1.82) is 0 Å². The smallest absolute Gasteiger partial charge is 0.748 e. The van der Waals surface area contributed by atoms with Gasteiger partial charge in [0.05, 0.1) is 10.1 Å². The van der Waals surface area contributed by atoms with E-state index in [1.807, 2.05) is 0 Å². The molecule has 0 heterocycles. The molecular weight excluding hydrogens is 407 g/mol. The van der Waals surface area contributed by atoms with E-state index in [9.17, 15) is 13.0 Å². The van der Waals surface area contributed by atoms with Crippen molar-refractivity contribution in [2.75, 3.05) is 6.61 Å². The van der Waals surface area contributed by atoms with E-state index < -0.39 is 15.4 Å². The number of rotatable bonds is 23. The summed E-state index contributed by atoms with van der Waals surface area (Å²) >= 11 is 0. The average molecular weight is 457 g/mol. The molecule has 176 valence electrons. The number of hydrogen-bond acceptors (Lipinski definition) is 4. The molecule has 0 aromatic carbocycles. The van der Waals surface area contributed by atoms with Gasteiger partial charge in [-0.3, -0.25) is 0 Å². The molecule has 0 aromatic heterocycles. The van der Waals surface area contributed by atoms with Crippen LogP contribution in [0.4, 0.5) is 0 Å². The molecule has 1 unspecified atom stereocenters. The molecule has 0 aliphatic heterocycles. The second kappa shape index (κ2) is 24.5. The molecule has 0 aliphatic rings. The van der Waals surface area contributed by atoms with Crippen LogP contribution in [-0.2, 0) is 10.1 Å². The quantitative estimate of drug-likeness (QED) is 0.143. The van der Waals surface area contributed by atoms with Gasteiger partial charge in [-0.05, 0) is 19.8 Å². The van der Waals surface area contributed by atoms with Gasteiger partial charge in [0.15, 0.2) is 0 Å². The van der Waals surface area contributed by atoms with E-state index in [0.29, 0.717) is 13.0 Å². The third kappa shape index (κ3) is 25.1. The maximum absolute atomic E-state index is 10.8. The van der Waals surface area contributed by atoms with E-state index in [1.54, 1.807) is 0 Å². The summed E-state index contributed by atoms with van der Waals surface area (Å²) in [5, 5.41) is 8.00. The van der Waals surface area contributed by atoms with Gasteiger partial charge in [-0.2, -0.15) is 0 Å². The zero-order valence-corrected chi connectivity index (χ0v) is 23.0. The Hall–Kier alpha value is 0.870. The normalized spacial score (nSPS) is 12.6. The van der Waals surface area contributed by atoms with Crippen molar-refractivity contribution in [2.45, 2.75) is 147 Å². The van der Waals surface area contributed by atoms with Gasteiger partial charge in [-0.1, -0.05) is 122 Å². The molecule has 0 spiro atoms. The fourth-order valence-corrected chi connectivity index (χ4v) is 4.33. The molecule has 0 saturated carbocycles. The third-order valence-corrected chi connectivity index (χ3v) is 7.23. The maximum atomic E-state index is 10.8. The topological polar surface area (TPSA) is 77.4 Å². The number of aliphatic hydroxyl groups excluding tert-OH is 1. The Kier molecular flexibility index (Phi) is 27.0. The summed E-state index contributed by atoms with van der Waals surface area (Å²) in [7, 11) is -4.09. The first-order valence-electron chi connectivity index (χ1n) is 12.5. The fourth-order valence-electron chi connectivity index (χ4n) is 3.87. The molecule has 0 bridgehead atoms. The molecule has 0 radical (unpaired) electrons. The molecule has 0 aliphatic carbocycles. The predicted molar refractivity (Wildman–Crippen MR) is 123 cm³/mol. The Bertz CT molecular complexity index is 429. The molecule has 0 saturated heterocycles. The van der Waals surface area contributed by atoms with Crippen molar-refractivity contribution < 1.29 is 47.6 Å².